The Morgan fingerprint density at radius 2 is 1.73 bits per heavy atom. The molecule has 1 aliphatic carbocycles. The van der Waals surface area contributed by atoms with E-state index in [0.29, 0.717) is 43.3 Å². The van der Waals surface area contributed by atoms with Crippen molar-refractivity contribution >= 4 is 16.0 Å². The lowest BCUT2D eigenvalue weighted by molar-refractivity contribution is -0.0568. The van der Waals surface area contributed by atoms with E-state index in [2.05, 4.69) is 33.4 Å². The summed E-state index contributed by atoms with van der Waals surface area (Å²) in [6, 6.07) is 15.0. The molecule has 1 saturated heterocycles. The summed E-state index contributed by atoms with van der Waals surface area (Å²) in [7, 11) is -3.99. The van der Waals surface area contributed by atoms with Gasteiger partial charge in [-0.1, -0.05) is 44.2 Å². The van der Waals surface area contributed by atoms with E-state index in [1.54, 1.807) is 24.3 Å². The van der Waals surface area contributed by atoms with Crippen molar-refractivity contribution in [2.24, 2.45) is 11.8 Å². The van der Waals surface area contributed by atoms with Crippen LogP contribution in [0.2, 0.25) is 0 Å². The Hall–Kier alpha value is -3.11. The van der Waals surface area contributed by atoms with Gasteiger partial charge < -0.3 is 4.74 Å². The molecular formula is C34H42F2N4O3S. The zero-order chi connectivity index (χ0) is 31.2. The number of hydrogen-bond acceptors (Lipinski definition) is 6. The number of nitrogens with zero attached hydrogens (tertiary/aromatic N) is 3. The number of rotatable bonds is 4. The number of alkyl halides is 2. The molecule has 7 nitrogen and oxygen atoms in total. The number of anilines is 1. The lowest BCUT2D eigenvalue weighted by Crippen LogP contribution is -2.45. The summed E-state index contributed by atoms with van der Waals surface area (Å²) >= 11 is 0. The predicted molar refractivity (Wildman–Crippen MR) is 168 cm³/mol. The molecule has 6 bridgehead atoms. The van der Waals surface area contributed by atoms with Crippen LogP contribution in [-0.2, 0) is 10.0 Å². The first-order valence-electron chi connectivity index (χ1n) is 15.7. The molecule has 3 atom stereocenters. The normalized spacial score (nSPS) is 25.2. The number of fused-ring (bicyclic) bond motifs is 7. The highest BCUT2D eigenvalue weighted by Crippen LogP contribution is 2.42. The Morgan fingerprint density at radius 3 is 2.43 bits per heavy atom. The van der Waals surface area contributed by atoms with Crippen LogP contribution in [0.4, 0.5) is 14.7 Å². The molecule has 0 spiro atoms. The number of aryl methyl sites for hydroxylation is 2. The van der Waals surface area contributed by atoms with Gasteiger partial charge in [0.05, 0.1) is 10.6 Å². The maximum absolute atomic E-state index is 14.2. The van der Waals surface area contributed by atoms with E-state index >= 15 is 0 Å². The molecule has 3 aliphatic rings. The van der Waals surface area contributed by atoms with Crippen molar-refractivity contribution in [2.45, 2.75) is 95.1 Å². The number of ether oxygens (including phenoxy) is 1. The second kappa shape index (κ2) is 12.0. The number of aromatic nitrogens is 2. The summed E-state index contributed by atoms with van der Waals surface area (Å²) < 4.78 is 65.0. The molecule has 3 aromatic rings. The van der Waals surface area contributed by atoms with Crippen molar-refractivity contribution in [3.05, 3.63) is 65.2 Å². The average molecular weight is 625 g/mol. The fourth-order valence-corrected chi connectivity index (χ4v) is 8.48. The predicted octanol–water partition coefficient (Wildman–Crippen LogP) is 7.35. The topological polar surface area (TPSA) is 84.4 Å². The molecule has 1 aromatic heterocycles. The molecule has 0 amide bonds. The largest absolute Gasteiger partial charge is 0.473 e. The van der Waals surface area contributed by atoms with Crippen LogP contribution in [0, 0.1) is 25.7 Å². The van der Waals surface area contributed by atoms with E-state index in [9.17, 15) is 17.2 Å². The van der Waals surface area contributed by atoms with Gasteiger partial charge in [-0.3, -0.25) is 4.90 Å². The number of benzene rings is 2. The molecule has 1 N–H and O–H groups in total. The van der Waals surface area contributed by atoms with Gasteiger partial charge in [-0.2, -0.15) is 4.98 Å². The fourth-order valence-electron chi connectivity index (χ4n) is 7.48. The van der Waals surface area contributed by atoms with E-state index in [1.807, 2.05) is 38.1 Å². The first kappa shape index (κ1) is 30.9. The molecule has 2 aromatic carbocycles. The van der Waals surface area contributed by atoms with Crippen LogP contribution in [0.25, 0.3) is 11.3 Å². The molecular weight excluding hydrogens is 582 g/mol. The van der Waals surface area contributed by atoms with E-state index in [4.69, 9.17) is 4.74 Å². The number of sulfonamides is 1. The second-order valence-corrected chi connectivity index (χ2v) is 15.1. The highest BCUT2D eigenvalue weighted by molar-refractivity contribution is 7.92. The molecule has 2 aliphatic heterocycles. The smallest absolute Gasteiger partial charge is 0.264 e. The first-order chi connectivity index (χ1) is 20.9. The third-order valence-electron chi connectivity index (χ3n) is 9.52. The number of halogens is 2. The number of likely N-dealkylation sites (tertiary alicyclic amines) is 1. The molecule has 236 valence electrons. The molecule has 1 unspecified atom stereocenters. The summed E-state index contributed by atoms with van der Waals surface area (Å²) in [5.74, 6) is -1.74. The van der Waals surface area contributed by atoms with Crippen molar-refractivity contribution in [2.75, 3.05) is 17.8 Å². The molecule has 44 heavy (non-hydrogen) atoms. The van der Waals surface area contributed by atoms with Crippen molar-refractivity contribution in [1.29, 1.82) is 0 Å². The highest BCUT2D eigenvalue weighted by Gasteiger charge is 2.41. The lowest BCUT2D eigenvalue weighted by Gasteiger charge is -2.38. The zero-order valence-corrected chi connectivity index (χ0v) is 26.7. The summed E-state index contributed by atoms with van der Waals surface area (Å²) in [6.07, 6.45) is 2.00. The van der Waals surface area contributed by atoms with Gasteiger partial charge in [-0.25, -0.2) is 26.9 Å². The Labute approximate surface area is 259 Å². The lowest BCUT2D eigenvalue weighted by atomic mass is 9.78. The second-order valence-electron chi connectivity index (χ2n) is 13.4. The zero-order valence-electron chi connectivity index (χ0n) is 25.9. The molecule has 6 rings (SSSR count). The maximum Gasteiger partial charge on any atom is 0.264 e. The van der Waals surface area contributed by atoms with Gasteiger partial charge in [0.1, 0.15) is 6.10 Å². The Balaban J connectivity index is 1.47. The third kappa shape index (κ3) is 6.61. The van der Waals surface area contributed by atoms with Crippen LogP contribution in [-0.4, -0.2) is 54.4 Å². The van der Waals surface area contributed by atoms with Gasteiger partial charge in [0.15, 0.2) is 0 Å². The summed E-state index contributed by atoms with van der Waals surface area (Å²) in [6.45, 7) is 9.72. The van der Waals surface area contributed by atoms with Gasteiger partial charge in [0, 0.05) is 43.6 Å². The molecule has 0 radical (unpaired) electrons. The van der Waals surface area contributed by atoms with Crippen molar-refractivity contribution in [3.63, 3.8) is 0 Å². The van der Waals surface area contributed by atoms with Gasteiger partial charge in [0.25, 0.3) is 10.0 Å². The van der Waals surface area contributed by atoms with Gasteiger partial charge in [-0.15, -0.1) is 0 Å². The Kier molecular flexibility index (Phi) is 8.43. The van der Waals surface area contributed by atoms with Crippen LogP contribution < -0.4 is 9.46 Å². The van der Waals surface area contributed by atoms with Crippen LogP contribution in [0.1, 0.15) is 75.0 Å². The summed E-state index contributed by atoms with van der Waals surface area (Å²) in [5, 5.41) is 0. The maximum atomic E-state index is 14.2. The monoisotopic (exact) mass is 624 g/mol. The third-order valence-corrected chi connectivity index (χ3v) is 10.8. The van der Waals surface area contributed by atoms with Gasteiger partial charge in [0.2, 0.25) is 17.8 Å². The van der Waals surface area contributed by atoms with E-state index < -0.39 is 15.9 Å². The Bertz CT molecular complexity index is 1600. The van der Waals surface area contributed by atoms with Crippen molar-refractivity contribution in [1.82, 2.24) is 14.9 Å². The molecule has 1 saturated carbocycles. The first-order valence-corrected chi connectivity index (χ1v) is 17.2. The minimum atomic E-state index is -3.99. The average Bonchev–Trinajstić information content (AvgIpc) is 3.11. The van der Waals surface area contributed by atoms with Crippen LogP contribution in [0.5, 0.6) is 5.88 Å². The summed E-state index contributed by atoms with van der Waals surface area (Å²) in [4.78, 5) is 11.7. The van der Waals surface area contributed by atoms with Crippen LogP contribution in [0.3, 0.4) is 0 Å². The number of nitrogens with one attached hydrogen (secondary N) is 1. The molecule has 10 heteroatoms. The SMILES string of the molecule is Cc1cccc(C)c1-c1cc2nc(n1)NS(=O)(=O)c1cccc(c1)C1C[C@@H](CN(C3CCC(F)(F)CC3)C[C@@H]1CC(C)C)O2. The number of hydrogen-bond donors (Lipinski definition) is 1. The van der Waals surface area contributed by atoms with Gasteiger partial charge in [-0.05, 0) is 86.1 Å². The van der Waals surface area contributed by atoms with Crippen molar-refractivity contribution in [3.8, 4) is 17.1 Å². The molecule has 2 fully saturated rings. The van der Waals surface area contributed by atoms with Crippen LogP contribution >= 0.6 is 0 Å². The minimum absolute atomic E-state index is 0.0198. The fraction of sp³-hybridized carbons (Fsp3) is 0.529. The van der Waals surface area contributed by atoms with Crippen LogP contribution in [0.15, 0.2) is 53.4 Å². The van der Waals surface area contributed by atoms with Gasteiger partial charge >= 0.3 is 0 Å². The quantitative estimate of drug-likeness (QED) is 0.327. The van der Waals surface area contributed by atoms with E-state index in [0.717, 1.165) is 35.2 Å². The Morgan fingerprint density at radius 1 is 1.02 bits per heavy atom. The highest BCUT2D eigenvalue weighted by atomic mass is 32.2. The van der Waals surface area contributed by atoms with E-state index in [1.165, 1.54) is 0 Å². The van der Waals surface area contributed by atoms with E-state index in [-0.39, 0.29) is 47.7 Å². The molecule has 3 heterocycles. The standard InChI is InChI=1S/C34H42F2N4O3S/c1-21(2)15-25-19-40(26-11-13-34(35,36)14-12-26)20-27-17-29(25)24-9-6-10-28(16-24)44(41,42)39-33-37-30(18-31(38-33)43-27)32-22(3)7-5-8-23(32)4/h5-10,16,18,21,25-27,29H,11-15,17,19-20H2,1-4H3,(H,37,38,39)/t25-,27-,29?/m0/s1. The van der Waals surface area contributed by atoms with Crippen molar-refractivity contribution < 1.29 is 21.9 Å². The minimum Gasteiger partial charge on any atom is -0.473 e. The summed E-state index contributed by atoms with van der Waals surface area (Å²) in [5.41, 5.74) is 4.43.